The molecule has 1 amide bonds. The van der Waals surface area contributed by atoms with Crippen LogP contribution in [-0.2, 0) is 6.54 Å². The summed E-state index contributed by atoms with van der Waals surface area (Å²) >= 11 is 1.57. The van der Waals surface area contributed by atoms with Crippen molar-refractivity contribution < 1.29 is 4.79 Å². The molecular weight excluding hydrogens is 270 g/mol. The van der Waals surface area contributed by atoms with E-state index in [0.717, 1.165) is 35.0 Å². The third-order valence-electron chi connectivity index (χ3n) is 4.30. The fraction of sp³-hybridized carbons (Fsp3) is 0.733. The van der Waals surface area contributed by atoms with Gasteiger partial charge in [0, 0.05) is 6.04 Å². The summed E-state index contributed by atoms with van der Waals surface area (Å²) in [7, 11) is 0. The summed E-state index contributed by atoms with van der Waals surface area (Å²) in [5.74, 6) is 0.0829. The number of thiazole rings is 1. The smallest absolute Gasteiger partial charge is 0.263 e. The van der Waals surface area contributed by atoms with Crippen LogP contribution in [0.4, 0.5) is 0 Å². The molecule has 2 heterocycles. The molecular formula is C15H23N3OS. The number of carbonyl (C=O) groups is 1. The maximum Gasteiger partial charge on any atom is 0.263 e. The summed E-state index contributed by atoms with van der Waals surface area (Å²) < 4.78 is 0. The Kier molecular flexibility index (Phi) is 4.36. The van der Waals surface area contributed by atoms with Gasteiger partial charge >= 0.3 is 0 Å². The molecule has 0 spiro atoms. The van der Waals surface area contributed by atoms with Gasteiger partial charge in [-0.2, -0.15) is 0 Å². The maximum atomic E-state index is 12.3. The van der Waals surface area contributed by atoms with Crippen LogP contribution in [-0.4, -0.2) is 34.9 Å². The number of aryl methyl sites for hydroxylation is 1. The molecule has 0 atom stereocenters. The lowest BCUT2D eigenvalue weighted by Gasteiger charge is -2.11. The summed E-state index contributed by atoms with van der Waals surface area (Å²) in [5, 5.41) is 4.25. The monoisotopic (exact) mass is 293 g/mol. The van der Waals surface area contributed by atoms with Crippen LogP contribution < -0.4 is 5.32 Å². The number of rotatable bonds is 4. The van der Waals surface area contributed by atoms with Gasteiger partial charge in [-0.1, -0.05) is 12.8 Å². The van der Waals surface area contributed by atoms with Crippen LogP contribution in [0.25, 0.3) is 0 Å². The van der Waals surface area contributed by atoms with E-state index in [1.165, 1.54) is 38.8 Å². The Morgan fingerprint density at radius 1 is 1.30 bits per heavy atom. The molecule has 0 aromatic carbocycles. The van der Waals surface area contributed by atoms with Gasteiger partial charge in [0.05, 0.1) is 12.2 Å². The molecule has 4 nitrogen and oxygen atoms in total. The number of aromatic nitrogens is 1. The van der Waals surface area contributed by atoms with E-state index < -0.39 is 0 Å². The minimum absolute atomic E-state index is 0.0829. The number of hydrogen-bond donors (Lipinski definition) is 1. The van der Waals surface area contributed by atoms with Crippen LogP contribution in [0.5, 0.6) is 0 Å². The zero-order chi connectivity index (χ0) is 13.9. The highest BCUT2D eigenvalue weighted by molar-refractivity contribution is 7.13. The summed E-state index contributed by atoms with van der Waals surface area (Å²) in [6, 6.07) is 0.381. The third kappa shape index (κ3) is 3.20. The number of nitrogens with zero attached hydrogens (tertiary/aromatic N) is 2. The molecule has 0 bridgehead atoms. The number of likely N-dealkylation sites (tertiary alicyclic amines) is 1. The molecule has 20 heavy (non-hydrogen) atoms. The Morgan fingerprint density at radius 3 is 2.70 bits per heavy atom. The Bertz CT molecular complexity index is 473. The van der Waals surface area contributed by atoms with Crippen molar-refractivity contribution in [2.24, 2.45) is 0 Å². The first-order chi connectivity index (χ1) is 9.72. The first-order valence-corrected chi connectivity index (χ1v) is 8.53. The van der Waals surface area contributed by atoms with E-state index in [9.17, 15) is 4.79 Å². The van der Waals surface area contributed by atoms with Crippen molar-refractivity contribution in [3.8, 4) is 0 Å². The second-order valence-corrected chi connectivity index (χ2v) is 7.04. The van der Waals surface area contributed by atoms with E-state index in [4.69, 9.17) is 0 Å². The molecule has 1 aliphatic heterocycles. The Balaban J connectivity index is 1.63. The molecule has 0 unspecified atom stereocenters. The SMILES string of the molecule is Cc1nc(CN2CCCC2)sc1C(=O)NC1CCCC1. The lowest BCUT2D eigenvalue weighted by atomic mass is 10.2. The Hall–Kier alpha value is -0.940. The van der Waals surface area contributed by atoms with Crippen LogP contribution >= 0.6 is 11.3 Å². The van der Waals surface area contributed by atoms with Crippen molar-refractivity contribution in [2.45, 2.75) is 58.0 Å². The fourth-order valence-electron chi connectivity index (χ4n) is 3.18. The van der Waals surface area contributed by atoms with E-state index >= 15 is 0 Å². The highest BCUT2D eigenvalue weighted by Crippen LogP contribution is 2.23. The number of amides is 1. The first-order valence-electron chi connectivity index (χ1n) is 7.72. The molecule has 110 valence electrons. The van der Waals surface area contributed by atoms with E-state index in [2.05, 4.69) is 15.2 Å². The second kappa shape index (κ2) is 6.22. The number of hydrogen-bond acceptors (Lipinski definition) is 4. The van der Waals surface area contributed by atoms with Crippen molar-refractivity contribution in [3.63, 3.8) is 0 Å². The van der Waals surface area contributed by atoms with Crippen molar-refractivity contribution in [3.05, 3.63) is 15.6 Å². The van der Waals surface area contributed by atoms with Crippen LogP contribution in [0.15, 0.2) is 0 Å². The van der Waals surface area contributed by atoms with Crippen LogP contribution in [0.3, 0.4) is 0 Å². The molecule has 1 aliphatic carbocycles. The zero-order valence-electron chi connectivity index (χ0n) is 12.2. The average Bonchev–Trinajstić information content (AvgIpc) is 3.12. The predicted molar refractivity (Wildman–Crippen MR) is 81.1 cm³/mol. The molecule has 1 aromatic heterocycles. The number of nitrogens with one attached hydrogen (secondary N) is 1. The van der Waals surface area contributed by atoms with Gasteiger partial charge in [0.2, 0.25) is 0 Å². The second-order valence-electron chi connectivity index (χ2n) is 5.96. The van der Waals surface area contributed by atoms with Crippen molar-refractivity contribution in [1.82, 2.24) is 15.2 Å². The van der Waals surface area contributed by atoms with E-state index in [1.807, 2.05) is 6.92 Å². The summed E-state index contributed by atoms with van der Waals surface area (Å²) in [4.78, 5) is 20.1. The van der Waals surface area contributed by atoms with Crippen LogP contribution in [0.2, 0.25) is 0 Å². The average molecular weight is 293 g/mol. The zero-order valence-corrected chi connectivity index (χ0v) is 13.0. The quantitative estimate of drug-likeness (QED) is 0.928. The van der Waals surface area contributed by atoms with Gasteiger partial charge in [0.25, 0.3) is 5.91 Å². The summed E-state index contributed by atoms with van der Waals surface area (Å²) in [5.41, 5.74) is 0.889. The van der Waals surface area contributed by atoms with Gasteiger partial charge in [-0.25, -0.2) is 4.98 Å². The maximum absolute atomic E-state index is 12.3. The van der Waals surface area contributed by atoms with Crippen LogP contribution in [0, 0.1) is 6.92 Å². The normalized spacial score (nSPS) is 20.6. The third-order valence-corrected chi connectivity index (χ3v) is 5.44. The van der Waals surface area contributed by atoms with Crippen LogP contribution in [0.1, 0.15) is 58.9 Å². The van der Waals surface area contributed by atoms with Gasteiger partial charge in [-0.15, -0.1) is 11.3 Å². The Morgan fingerprint density at radius 2 is 2.00 bits per heavy atom. The number of carbonyl (C=O) groups excluding carboxylic acids is 1. The lowest BCUT2D eigenvalue weighted by molar-refractivity contribution is 0.0941. The molecule has 2 aliphatic rings. The molecule has 1 aromatic rings. The van der Waals surface area contributed by atoms with Crippen molar-refractivity contribution in [2.75, 3.05) is 13.1 Å². The minimum atomic E-state index is 0.0829. The highest BCUT2D eigenvalue weighted by Gasteiger charge is 2.22. The van der Waals surface area contributed by atoms with Gasteiger partial charge in [0.15, 0.2) is 0 Å². The highest BCUT2D eigenvalue weighted by atomic mass is 32.1. The Labute approximate surface area is 124 Å². The molecule has 2 fully saturated rings. The van der Waals surface area contributed by atoms with Gasteiger partial charge < -0.3 is 5.32 Å². The molecule has 1 saturated heterocycles. The topological polar surface area (TPSA) is 45.2 Å². The molecule has 1 N–H and O–H groups in total. The van der Waals surface area contributed by atoms with Gasteiger partial charge in [-0.3, -0.25) is 9.69 Å². The summed E-state index contributed by atoms with van der Waals surface area (Å²) in [6.45, 7) is 5.19. The lowest BCUT2D eigenvalue weighted by Crippen LogP contribution is -2.32. The fourth-order valence-corrected chi connectivity index (χ4v) is 4.19. The standard InChI is InChI=1S/C15H23N3OS/c1-11-14(15(19)17-12-6-2-3-7-12)20-13(16-11)10-18-8-4-5-9-18/h12H,2-10H2,1H3,(H,17,19). The van der Waals surface area contributed by atoms with E-state index in [-0.39, 0.29) is 5.91 Å². The van der Waals surface area contributed by atoms with E-state index in [0.29, 0.717) is 6.04 Å². The predicted octanol–water partition coefficient (Wildman–Crippen LogP) is 2.72. The van der Waals surface area contributed by atoms with Gasteiger partial charge in [0.1, 0.15) is 9.88 Å². The first kappa shape index (κ1) is 14.0. The molecule has 3 rings (SSSR count). The summed E-state index contributed by atoms with van der Waals surface area (Å²) in [6.07, 6.45) is 7.33. The minimum Gasteiger partial charge on any atom is -0.349 e. The van der Waals surface area contributed by atoms with Gasteiger partial charge in [-0.05, 0) is 45.7 Å². The molecule has 5 heteroatoms. The van der Waals surface area contributed by atoms with Crippen molar-refractivity contribution in [1.29, 1.82) is 0 Å². The van der Waals surface area contributed by atoms with Crippen molar-refractivity contribution >= 4 is 17.2 Å². The largest absolute Gasteiger partial charge is 0.349 e. The van der Waals surface area contributed by atoms with E-state index in [1.54, 1.807) is 11.3 Å². The molecule has 0 radical (unpaired) electrons. The molecule has 1 saturated carbocycles.